The van der Waals surface area contributed by atoms with Crippen molar-refractivity contribution in [3.8, 4) is 0 Å². The van der Waals surface area contributed by atoms with Crippen molar-refractivity contribution in [2.75, 3.05) is 20.1 Å². The predicted octanol–water partition coefficient (Wildman–Crippen LogP) is 3.04. The van der Waals surface area contributed by atoms with E-state index >= 15 is 0 Å². The molecule has 1 heterocycles. The van der Waals surface area contributed by atoms with Crippen molar-refractivity contribution < 1.29 is 4.39 Å². The van der Waals surface area contributed by atoms with Crippen LogP contribution in [0, 0.1) is 11.7 Å². The highest BCUT2D eigenvalue weighted by molar-refractivity contribution is 5.16. The van der Waals surface area contributed by atoms with Crippen LogP contribution in [0.1, 0.15) is 31.7 Å². The molecule has 3 heteroatoms. The molecule has 1 aromatic carbocycles. The summed E-state index contributed by atoms with van der Waals surface area (Å²) in [5, 5.41) is 3.60. The summed E-state index contributed by atoms with van der Waals surface area (Å²) in [5.74, 6) is 0.724. The summed E-state index contributed by atoms with van der Waals surface area (Å²) in [4.78, 5) is 2.28. The minimum absolute atomic E-state index is 0.146. The number of halogens is 1. The summed E-state index contributed by atoms with van der Waals surface area (Å²) in [5.41, 5.74) is 1.05. The zero-order chi connectivity index (χ0) is 13.7. The zero-order valence-corrected chi connectivity index (χ0v) is 12.0. The van der Waals surface area contributed by atoms with E-state index in [2.05, 4.69) is 24.2 Å². The SMILES string of the molecule is CCC1CCNC(CN(C)Cc2cccc(F)c2)C1. The lowest BCUT2D eigenvalue weighted by Crippen LogP contribution is -2.44. The lowest BCUT2D eigenvalue weighted by atomic mass is 9.90. The molecule has 0 spiro atoms. The van der Waals surface area contributed by atoms with Crippen LogP contribution in [0.2, 0.25) is 0 Å². The minimum Gasteiger partial charge on any atom is -0.313 e. The number of nitrogens with one attached hydrogen (secondary N) is 1. The Morgan fingerprint density at radius 1 is 1.42 bits per heavy atom. The second kappa shape index (κ2) is 7.01. The number of hydrogen-bond acceptors (Lipinski definition) is 2. The maximum Gasteiger partial charge on any atom is 0.123 e. The Morgan fingerprint density at radius 2 is 2.26 bits per heavy atom. The molecule has 0 aliphatic carbocycles. The maximum absolute atomic E-state index is 13.1. The van der Waals surface area contributed by atoms with Gasteiger partial charge >= 0.3 is 0 Å². The van der Waals surface area contributed by atoms with E-state index in [9.17, 15) is 4.39 Å². The smallest absolute Gasteiger partial charge is 0.123 e. The van der Waals surface area contributed by atoms with E-state index in [-0.39, 0.29) is 5.82 Å². The number of hydrogen-bond donors (Lipinski definition) is 1. The van der Waals surface area contributed by atoms with E-state index < -0.39 is 0 Å². The molecule has 1 N–H and O–H groups in total. The van der Waals surface area contributed by atoms with Crippen molar-refractivity contribution in [2.24, 2.45) is 5.92 Å². The van der Waals surface area contributed by atoms with E-state index in [1.54, 1.807) is 12.1 Å². The van der Waals surface area contributed by atoms with Crippen molar-refractivity contribution in [1.29, 1.82) is 0 Å². The van der Waals surface area contributed by atoms with Crippen LogP contribution in [0.3, 0.4) is 0 Å². The van der Waals surface area contributed by atoms with Crippen LogP contribution in [0.5, 0.6) is 0 Å². The van der Waals surface area contributed by atoms with Crippen molar-refractivity contribution in [3.05, 3.63) is 35.6 Å². The summed E-state index contributed by atoms with van der Waals surface area (Å²) >= 11 is 0. The van der Waals surface area contributed by atoms with Gasteiger partial charge in [0, 0.05) is 19.1 Å². The van der Waals surface area contributed by atoms with E-state index in [0.29, 0.717) is 6.04 Å². The molecule has 1 fully saturated rings. The highest BCUT2D eigenvalue weighted by Gasteiger charge is 2.21. The molecular weight excluding hydrogens is 239 g/mol. The molecule has 0 saturated carbocycles. The van der Waals surface area contributed by atoms with E-state index in [1.165, 1.54) is 25.3 Å². The second-order valence-electron chi connectivity index (χ2n) is 5.78. The van der Waals surface area contributed by atoms with Crippen LogP contribution in [0.25, 0.3) is 0 Å². The van der Waals surface area contributed by atoms with Gasteiger partial charge in [-0.2, -0.15) is 0 Å². The lowest BCUT2D eigenvalue weighted by Gasteiger charge is -2.32. The monoisotopic (exact) mass is 264 g/mol. The fraction of sp³-hybridized carbons (Fsp3) is 0.625. The van der Waals surface area contributed by atoms with Crippen LogP contribution < -0.4 is 5.32 Å². The second-order valence-corrected chi connectivity index (χ2v) is 5.78. The zero-order valence-electron chi connectivity index (χ0n) is 12.0. The quantitative estimate of drug-likeness (QED) is 0.879. The van der Waals surface area contributed by atoms with Crippen LogP contribution >= 0.6 is 0 Å². The van der Waals surface area contributed by atoms with Crippen LogP contribution in [-0.2, 0) is 6.54 Å². The number of nitrogens with zero attached hydrogens (tertiary/aromatic N) is 1. The first-order valence-corrected chi connectivity index (χ1v) is 7.33. The van der Waals surface area contributed by atoms with Gasteiger partial charge in [0.2, 0.25) is 0 Å². The van der Waals surface area contributed by atoms with Gasteiger partial charge in [-0.15, -0.1) is 0 Å². The molecule has 0 radical (unpaired) electrons. The van der Waals surface area contributed by atoms with Gasteiger partial charge in [-0.3, -0.25) is 0 Å². The first kappa shape index (κ1) is 14.5. The molecule has 2 nitrogen and oxygen atoms in total. The molecule has 1 saturated heterocycles. The van der Waals surface area contributed by atoms with Gasteiger partial charge in [-0.05, 0) is 50.0 Å². The van der Waals surface area contributed by atoms with Gasteiger partial charge < -0.3 is 10.2 Å². The van der Waals surface area contributed by atoms with E-state index in [1.807, 2.05) is 6.07 Å². The van der Waals surface area contributed by atoms with Gasteiger partial charge in [-0.1, -0.05) is 25.5 Å². The molecule has 2 rings (SSSR count). The molecule has 0 bridgehead atoms. The molecular formula is C16H25FN2. The van der Waals surface area contributed by atoms with Gasteiger partial charge in [0.05, 0.1) is 0 Å². The Kier molecular flexibility index (Phi) is 5.34. The van der Waals surface area contributed by atoms with E-state index in [4.69, 9.17) is 0 Å². The fourth-order valence-electron chi connectivity index (χ4n) is 2.99. The molecule has 19 heavy (non-hydrogen) atoms. The Hall–Kier alpha value is -0.930. The molecule has 1 aliphatic rings. The fourth-order valence-corrected chi connectivity index (χ4v) is 2.99. The Balaban J connectivity index is 1.82. The summed E-state index contributed by atoms with van der Waals surface area (Å²) in [6.45, 7) is 5.26. The van der Waals surface area contributed by atoms with Crippen molar-refractivity contribution in [1.82, 2.24) is 10.2 Å². The average Bonchev–Trinajstić information content (AvgIpc) is 2.38. The van der Waals surface area contributed by atoms with Crippen LogP contribution in [0.15, 0.2) is 24.3 Å². The Morgan fingerprint density at radius 3 is 3.00 bits per heavy atom. The highest BCUT2D eigenvalue weighted by Crippen LogP contribution is 2.20. The molecule has 106 valence electrons. The molecule has 2 atom stereocenters. The number of benzene rings is 1. The lowest BCUT2D eigenvalue weighted by molar-refractivity contribution is 0.220. The third-order valence-electron chi connectivity index (χ3n) is 4.05. The predicted molar refractivity (Wildman–Crippen MR) is 77.5 cm³/mol. The molecule has 0 amide bonds. The van der Waals surface area contributed by atoms with Crippen molar-refractivity contribution >= 4 is 0 Å². The van der Waals surface area contributed by atoms with Gasteiger partial charge in [-0.25, -0.2) is 4.39 Å². The van der Waals surface area contributed by atoms with Gasteiger partial charge in [0.25, 0.3) is 0 Å². The standard InChI is InChI=1S/C16H25FN2/c1-3-13-7-8-18-16(10-13)12-19(2)11-14-5-4-6-15(17)9-14/h4-6,9,13,16,18H,3,7-8,10-12H2,1-2H3. The number of likely N-dealkylation sites (N-methyl/N-ethyl adjacent to an activating group) is 1. The summed E-state index contributed by atoms with van der Waals surface area (Å²) in [6.07, 6.45) is 3.86. The Labute approximate surface area is 116 Å². The highest BCUT2D eigenvalue weighted by atomic mass is 19.1. The summed E-state index contributed by atoms with van der Waals surface area (Å²) in [7, 11) is 2.11. The Bertz CT molecular complexity index is 394. The first-order chi connectivity index (χ1) is 9.17. The number of piperidine rings is 1. The molecule has 1 aliphatic heterocycles. The van der Waals surface area contributed by atoms with Crippen LogP contribution in [-0.4, -0.2) is 31.1 Å². The van der Waals surface area contributed by atoms with Crippen LogP contribution in [0.4, 0.5) is 4.39 Å². The summed E-state index contributed by atoms with van der Waals surface area (Å²) in [6, 6.07) is 7.47. The third-order valence-corrected chi connectivity index (χ3v) is 4.05. The van der Waals surface area contributed by atoms with Gasteiger partial charge in [0.1, 0.15) is 5.82 Å². The van der Waals surface area contributed by atoms with Crippen molar-refractivity contribution in [3.63, 3.8) is 0 Å². The summed E-state index contributed by atoms with van der Waals surface area (Å²) < 4.78 is 13.1. The average molecular weight is 264 g/mol. The third kappa shape index (κ3) is 4.59. The molecule has 0 aromatic heterocycles. The number of rotatable bonds is 5. The maximum atomic E-state index is 13.1. The molecule has 2 unspecified atom stereocenters. The first-order valence-electron chi connectivity index (χ1n) is 7.33. The van der Waals surface area contributed by atoms with E-state index in [0.717, 1.165) is 31.1 Å². The largest absolute Gasteiger partial charge is 0.313 e. The topological polar surface area (TPSA) is 15.3 Å². The van der Waals surface area contributed by atoms with Crippen molar-refractivity contribution in [2.45, 2.75) is 38.8 Å². The molecule has 1 aromatic rings. The normalized spacial score (nSPS) is 23.8. The van der Waals surface area contributed by atoms with Gasteiger partial charge in [0.15, 0.2) is 0 Å². The minimum atomic E-state index is -0.146.